The van der Waals surface area contributed by atoms with Crippen LogP contribution in [-0.2, 0) is 10.2 Å². The number of thiazole rings is 1. The quantitative estimate of drug-likeness (QED) is 0.826. The van der Waals surface area contributed by atoms with Crippen molar-refractivity contribution in [1.82, 2.24) is 4.98 Å². The lowest BCUT2D eigenvalue weighted by Gasteiger charge is -2.25. The van der Waals surface area contributed by atoms with Crippen LogP contribution in [0.25, 0.3) is 0 Å². The molecule has 0 radical (unpaired) electrons. The molecule has 2 aliphatic rings. The molecule has 25 heavy (non-hydrogen) atoms. The van der Waals surface area contributed by atoms with Crippen LogP contribution in [-0.4, -0.2) is 35.3 Å². The first kappa shape index (κ1) is 16.5. The summed E-state index contributed by atoms with van der Waals surface area (Å²) >= 11 is 1.48. The number of aliphatic hydroxyl groups excluding tert-OH is 1. The molecule has 1 aromatic carbocycles. The average molecular weight is 358 g/mol. The summed E-state index contributed by atoms with van der Waals surface area (Å²) in [7, 11) is 0. The highest BCUT2D eigenvalue weighted by Crippen LogP contribution is 2.48. The van der Waals surface area contributed by atoms with E-state index in [1.807, 2.05) is 22.4 Å². The number of aromatic nitrogens is 1. The zero-order valence-corrected chi connectivity index (χ0v) is 14.9. The molecule has 2 heterocycles. The third-order valence-electron chi connectivity index (χ3n) is 5.33. The van der Waals surface area contributed by atoms with Crippen molar-refractivity contribution in [2.24, 2.45) is 0 Å². The summed E-state index contributed by atoms with van der Waals surface area (Å²) in [5, 5.41) is 12.1. The van der Waals surface area contributed by atoms with Gasteiger partial charge in [-0.15, -0.1) is 0 Å². The van der Waals surface area contributed by atoms with Crippen molar-refractivity contribution in [3.8, 4) is 5.19 Å². The Morgan fingerprint density at radius 1 is 1.32 bits per heavy atom. The van der Waals surface area contributed by atoms with Crippen LogP contribution in [0.5, 0.6) is 5.19 Å². The van der Waals surface area contributed by atoms with E-state index in [1.54, 1.807) is 6.20 Å². The highest BCUT2D eigenvalue weighted by atomic mass is 32.1. The molecule has 5 nitrogen and oxygen atoms in total. The molecular formula is C19H22N2O3S. The number of aliphatic hydroxyl groups is 1. The maximum absolute atomic E-state index is 12.4. The molecule has 0 spiro atoms. The van der Waals surface area contributed by atoms with Crippen molar-refractivity contribution in [2.75, 3.05) is 18.1 Å². The van der Waals surface area contributed by atoms with E-state index in [9.17, 15) is 9.90 Å². The summed E-state index contributed by atoms with van der Waals surface area (Å²) in [6, 6.07) is 8.33. The van der Waals surface area contributed by atoms with Crippen LogP contribution in [0.15, 0.2) is 35.8 Å². The molecule has 1 aromatic heterocycles. The van der Waals surface area contributed by atoms with Crippen LogP contribution in [0.1, 0.15) is 37.7 Å². The van der Waals surface area contributed by atoms with Crippen molar-refractivity contribution in [3.05, 3.63) is 41.4 Å². The van der Waals surface area contributed by atoms with E-state index >= 15 is 0 Å². The second-order valence-corrected chi connectivity index (χ2v) is 7.73. The fourth-order valence-electron chi connectivity index (χ4n) is 3.60. The van der Waals surface area contributed by atoms with Crippen molar-refractivity contribution in [3.63, 3.8) is 0 Å². The van der Waals surface area contributed by atoms with Crippen molar-refractivity contribution in [2.45, 2.75) is 43.6 Å². The van der Waals surface area contributed by atoms with Crippen molar-refractivity contribution >= 4 is 22.9 Å². The van der Waals surface area contributed by atoms with Gasteiger partial charge in [0, 0.05) is 41.6 Å². The Hall–Kier alpha value is -1.92. The molecule has 132 valence electrons. The van der Waals surface area contributed by atoms with Gasteiger partial charge in [0.25, 0.3) is 5.19 Å². The zero-order chi connectivity index (χ0) is 17.3. The Labute approximate surface area is 151 Å². The molecule has 1 N–H and O–H groups in total. The number of carbonyl (C=O) groups is 1. The summed E-state index contributed by atoms with van der Waals surface area (Å²) in [6.45, 7) is 0.763. The summed E-state index contributed by atoms with van der Waals surface area (Å²) in [5.74, 6) is 0.176. The van der Waals surface area contributed by atoms with Gasteiger partial charge in [0.2, 0.25) is 5.91 Å². The minimum Gasteiger partial charge on any atom is -0.470 e. The maximum atomic E-state index is 12.4. The Morgan fingerprint density at radius 3 is 2.76 bits per heavy atom. The number of amides is 1. The highest BCUT2D eigenvalue weighted by molar-refractivity contribution is 7.11. The minimum atomic E-state index is -0.0332. The van der Waals surface area contributed by atoms with E-state index in [0.29, 0.717) is 18.2 Å². The van der Waals surface area contributed by atoms with E-state index in [-0.39, 0.29) is 24.0 Å². The molecule has 1 saturated carbocycles. The fraction of sp³-hybridized carbons (Fsp3) is 0.474. The predicted molar refractivity (Wildman–Crippen MR) is 97.2 cm³/mol. The normalized spacial score (nSPS) is 21.6. The van der Waals surface area contributed by atoms with Gasteiger partial charge in [-0.2, -0.15) is 0 Å². The first-order valence-electron chi connectivity index (χ1n) is 8.78. The van der Waals surface area contributed by atoms with E-state index < -0.39 is 0 Å². The molecule has 1 saturated heterocycles. The van der Waals surface area contributed by atoms with Crippen molar-refractivity contribution in [1.29, 1.82) is 0 Å². The van der Waals surface area contributed by atoms with Gasteiger partial charge in [-0.1, -0.05) is 23.5 Å². The number of nitrogens with zero attached hydrogens (tertiary/aromatic N) is 2. The van der Waals surface area contributed by atoms with E-state index in [4.69, 9.17) is 4.74 Å². The summed E-state index contributed by atoms with van der Waals surface area (Å²) in [4.78, 5) is 18.4. The van der Waals surface area contributed by atoms with E-state index in [2.05, 4.69) is 17.1 Å². The van der Waals surface area contributed by atoms with Crippen LogP contribution in [0, 0.1) is 0 Å². The first-order valence-corrected chi connectivity index (χ1v) is 9.66. The van der Waals surface area contributed by atoms with Gasteiger partial charge in [-0.25, -0.2) is 4.98 Å². The number of anilines is 1. The standard InChI is InChI=1S/C19H22N2O3S/c22-13-19(8-9-19)14-1-3-15(4-2-14)21-16(5-6-17(21)23)7-11-24-18-20-10-12-25-18/h1-4,10,12,16,22H,5-9,11,13H2/t16-/m0/s1. The van der Waals surface area contributed by atoms with Crippen molar-refractivity contribution < 1.29 is 14.6 Å². The molecule has 1 aliphatic heterocycles. The zero-order valence-electron chi connectivity index (χ0n) is 14.1. The summed E-state index contributed by atoms with van der Waals surface area (Å²) < 4.78 is 5.66. The largest absolute Gasteiger partial charge is 0.470 e. The van der Waals surface area contributed by atoms with Crippen LogP contribution in [0.2, 0.25) is 0 Å². The van der Waals surface area contributed by atoms with Crippen LogP contribution >= 0.6 is 11.3 Å². The average Bonchev–Trinajstić information content (AvgIpc) is 3.10. The molecular weight excluding hydrogens is 336 g/mol. The molecule has 1 amide bonds. The fourth-order valence-corrected chi connectivity index (χ4v) is 4.11. The summed E-state index contributed by atoms with van der Waals surface area (Å²) in [6.07, 6.45) is 6.07. The molecule has 6 heteroatoms. The number of hydrogen-bond donors (Lipinski definition) is 1. The van der Waals surface area contributed by atoms with Gasteiger partial charge in [0.15, 0.2) is 0 Å². The lowest BCUT2D eigenvalue weighted by atomic mass is 9.96. The second-order valence-electron chi connectivity index (χ2n) is 6.88. The molecule has 4 rings (SSSR count). The molecule has 2 aromatic rings. The Bertz CT molecular complexity index is 726. The van der Waals surface area contributed by atoms with Crippen LogP contribution < -0.4 is 9.64 Å². The smallest absolute Gasteiger partial charge is 0.273 e. The lowest BCUT2D eigenvalue weighted by Crippen LogP contribution is -2.34. The van der Waals surface area contributed by atoms with Gasteiger partial charge in [-0.05, 0) is 37.0 Å². The third-order valence-corrected chi connectivity index (χ3v) is 6.01. The van der Waals surface area contributed by atoms with Crippen LogP contribution in [0.3, 0.4) is 0 Å². The van der Waals surface area contributed by atoms with Gasteiger partial charge in [0.1, 0.15) is 0 Å². The van der Waals surface area contributed by atoms with Gasteiger partial charge in [0.05, 0.1) is 13.2 Å². The minimum absolute atomic E-state index is 0.0332. The number of rotatable bonds is 7. The monoisotopic (exact) mass is 358 g/mol. The topological polar surface area (TPSA) is 62.7 Å². The van der Waals surface area contributed by atoms with E-state index in [1.165, 1.54) is 16.9 Å². The van der Waals surface area contributed by atoms with Gasteiger partial charge in [-0.3, -0.25) is 4.79 Å². The Morgan fingerprint density at radius 2 is 2.12 bits per heavy atom. The van der Waals surface area contributed by atoms with E-state index in [0.717, 1.165) is 31.4 Å². The molecule has 0 bridgehead atoms. The Kier molecular flexibility index (Phi) is 4.48. The molecule has 0 unspecified atom stereocenters. The predicted octanol–water partition coefficient (Wildman–Crippen LogP) is 3.13. The number of ether oxygens (including phenoxy) is 1. The first-order chi connectivity index (χ1) is 12.2. The second kappa shape index (κ2) is 6.77. The third kappa shape index (κ3) is 3.28. The highest BCUT2D eigenvalue weighted by Gasteiger charge is 2.43. The molecule has 2 fully saturated rings. The van der Waals surface area contributed by atoms with Gasteiger partial charge >= 0.3 is 0 Å². The maximum Gasteiger partial charge on any atom is 0.273 e. The molecule has 1 aliphatic carbocycles. The number of carbonyl (C=O) groups excluding carboxylic acids is 1. The van der Waals surface area contributed by atoms with Gasteiger partial charge < -0.3 is 14.7 Å². The number of hydrogen-bond acceptors (Lipinski definition) is 5. The van der Waals surface area contributed by atoms with Crippen LogP contribution in [0.4, 0.5) is 5.69 Å². The SMILES string of the molecule is O=C1CC[C@@H](CCOc2nccs2)N1c1ccc(C2(CO)CC2)cc1. The summed E-state index contributed by atoms with van der Waals surface area (Å²) in [5.41, 5.74) is 2.09. The molecule has 1 atom stereocenters. The number of benzene rings is 1. The Balaban J connectivity index is 1.42. The lowest BCUT2D eigenvalue weighted by molar-refractivity contribution is -0.117.